The van der Waals surface area contributed by atoms with Gasteiger partial charge in [-0.05, 0) is 43.9 Å². The Kier molecular flexibility index (Phi) is 3.09. The molecule has 4 aliphatic rings. The highest BCUT2D eigenvalue weighted by Crippen LogP contribution is 2.55. The van der Waals surface area contributed by atoms with Crippen molar-refractivity contribution in [3.05, 3.63) is 16.9 Å². The number of anilines is 1. The zero-order valence-electron chi connectivity index (χ0n) is 13.1. The Morgan fingerprint density at radius 2 is 2.00 bits per heavy atom. The Morgan fingerprint density at radius 3 is 2.78 bits per heavy atom. The fraction of sp³-hybridized carbons (Fsp3) is 0.706. The van der Waals surface area contributed by atoms with Crippen LogP contribution in [0.1, 0.15) is 42.6 Å². The van der Waals surface area contributed by atoms with Crippen molar-refractivity contribution in [1.29, 1.82) is 0 Å². The Hall–Kier alpha value is -1.36. The zero-order chi connectivity index (χ0) is 15.6. The van der Waals surface area contributed by atoms with Crippen molar-refractivity contribution in [2.24, 2.45) is 17.8 Å². The van der Waals surface area contributed by atoms with Crippen molar-refractivity contribution in [2.75, 3.05) is 24.5 Å². The Morgan fingerprint density at radius 1 is 1.22 bits per heavy atom. The van der Waals surface area contributed by atoms with Gasteiger partial charge in [-0.15, -0.1) is 0 Å². The van der Waals surface area contributed by atoms with Crippen molar-refractivity contribution in [3.8, 4) is 0 Å². The van der Waals surface area contributed by atoms with E-state index in [1.54, 1.807) is 6.20 Å². The van der Waals surface area contributed by atoms with E-state index in [1.807, 2.05) is 4.90 Å². The highest BCUT2D eigenvalue weighted by Gasteiger charge is 2.58. The lowest BCUT2D eigenvalue weighted by Crippen LogP contribution is -2.61. The second-order valence-electron chi connectivity index (χ2n) is 7.51. The molecule has 4 fully saturated rings. The highest BCUT2D eigenvalue weighted by atomic mass is 35.5. The molecule has 0 spiro atoms. The van der Waals surface area contributed by atoms with E-state index in [-0.39, 0.29) is 5.91 Å². The number of aromatic nitrogens is 2. The van der Waals surface area contributed by atoms with Gasteiger partial charge in [0.25, 0.3) is 5.91 Å². The molecule has 5 rings (SSSR count). The van der Waals surface area contributed by atoms with E-state index >= 15 is 0 Å². The smallest absolute Gasteiger partial charge is 0.274 e. The lowest BCUT2D eigenvalue weighted by atomic mass is 9.76. The number of halogens is 1. The van der Waals surface area contributed by atoms with Crippen LogP contribution in [0.25, 0.3) is 0 Å². The summed E-state index contributed by atoms with van der Waals surface area (Å²) >= 11 is 6.25. The quantitative estimate of drug-likeness (QED) is 0.835. The highest BCUT2D eigenvalue weighted by molar-refractivity contribution is 6.33. The van der Waals surface area contributed by atoms with Gasteiger partial charge in [0.15, 0.2) is 5.69 Å². The Balaban J connectivity index is 1.40. The molecule has 6 heteroatoms. The first-order valence-electron chi connectivity index (χ1n) is 8.81. The van der Waals surface area contributed by atoms with Gasteiger partial charge in [0.2, 0.25) is 5.95 Å². The number of carbonyl (C=O) groups excluding carboxylic acids is 1. The molecular weight excluding hydrogens is 312 g/mol. The molecule has 2 bridgehead atoms. The molecule has 4 atom stereocenters. The molecule has 1 amide bonds. The minimum atomic E-state index is 0.00615. The van der Waals surface area contributed by atoms with E-state index in [4.69, 9.17) is 11.6 Å². The predicted octanol–water partition coefficient (Wildman–Crippen LogP) is 2.60. The van der Waals surface area contributed by atoms with Gasteiger partial charge in [0.05, 0.1) is 11.2 Å². The van der Waals surface area contributed by atoms with Gasteiger partial charge in [0.1, 0.15) is 0 Å². The molecule has 1 aromatic rings. The van der Waals surface area contributed by atoms with Gasteiger partial charge in [-0.1, -0.05) is 11.6 Å². The van der Waals surface area contributed by atoms with E-state index in [0.717, 1.165) is 44.3 Å². The number of likely N-dealkylation sites (tertiary alicyclic amines) is 1. The number of fused-ring (bicyclic) bond motifs is 5. The van der Waals surface area contributed by atoms with Crippen molar-refractivity contribution in [3.63, 3.8) is 0 Å². The molecule has 0 unspecified atom stereocenters. The minimum absolute atomic E-state index is 0.00615. The molecule has 0 radical (unpaired) electrons. The molecular formula is C17H21ClN4O. The summed E-state index contributed by atoms with van der Waals surface area (Å²) in [6.07, 6.45) is 7.87. The van der Waals surface area contributed by atoms with Gasteiger partial charge in [-0.3, -0.25) is 4.79 Å². The summed E-state index contributed by atoms with van der Waals surface area (Å²) < 4.78 is 0. The van der Waals surface area contributed by atoms with Crippen LogP contribution in [0.3, 0.4) is 0 Å². The summed E-state index contributed by atoms with van der Waals surface area (Å²) in [5.41, 5.74) is 0.393. The first-order chi connectivity index (χ1) is 11.2. The summed E-state index contributed by atoms with van der Waals surface area (Å²) in [4.78, 5) is 26.0. The van der Waals surface area contributed by atoms with Gasteiger partial charge in [-0.2, -0.15) is 0 Å². The van der Waals surface area contributed by atoms with Crippen molar-refractivity contribution >= 4 is 23.5 Å². The minimum Gasteiger partial charge on any atom is -0.341 e. The van der Waals surface area contributed by atoms with Crippen LogP contribution >= 0.6 is 11.6 Å². The third-order valence-electron chi connectivity index (χ3n) is 6.39. The largest absolute Gasteiger partial charge is 0.341 e. The first kappa shape index (κ1) is 14.0. The van der Waals surface area contributed by atoms with Gasteiger partial charge >= 0.3 is 0 Å². The maximum absolute atomic E-state index is 13.0. The van der Waals surface area contributed by atoms with Crippen molar-refractivity contribution in [2.45, 2.75) is 38.1 Å². The summed E-state index contributed by atoms with van der Waals surface area (Å²) in [7, 11) is 0. The summed E-state index contributed by atoms with van der Waals surface area (Å²) in [5.74, 6) is 2.96. The monoisotopic (exact) mass is 332 g/mol. The van der Waals surface area contributed by atoms with Crippen LogP contribution in [0.4, 0.5) is 5.95 Å². The topological polar surface area (TPSA) is 49.3 Å². The van der Waals surface area contributed by atoms with E-state index in [2.05, 4.69) is 14.9 Å². The maximum Gasteiger partial charge on any atom is 0.274 e. The maximum atomic E-state index is 13.0. The van der Waals surface area contributed by atoms with Gasteiger partial charge in [-0.25, -0.2) is 9.97 Å². The number of carbonyl (C=O) groups is 1. The van der Waals surface area contributed by atoms with Crippen LogP contribution in [0.5, 0.6) is 0 Å². The second kappa shape index (κ2) is 5.07. The van der Waals surface area contributed by atoms with E-state index < -0.39 is 0 Å². The van der Waals surface area contributed by atoms with Gasteiger partial charge < -0.3 is 9.80 Å². The predicted molar refractivity (Wildman–Crippen MR) is 87.6 cm³/mol. The zero-order valence-corrected chi connectivity index (χ0v) is 13.9. The summed E-state index contributed by atoms with van der Waals surface area (Å²) in [5, 5.41) is 0.379. The molecule has 2 aliphatic carbocycles. The molecule has 5 nitrogen and oxygen atoms in total. The molecule has 2 saturated carbocycles. The Labute approximate surface area is 141 Å². The van der Waals surface area contributed by atoms with Crippen LogP contribution < -0.4 is 4.90 Å². The molecule has 23 heavy (non-hydrogen) atoms. The van der Waals surface area contributed by atoms with Crippen molar-refractivity contribution in [1.82, 2.24) is 14.9 Å². The molecule has 1 aromatic heterocycles. The third kappa shape index (κ3) is 2.02. The van der Waals surface area contributed by atoms with Crippen molar-refractivity contribution < 1.29 is 4.79 Å². The standard InChI is InChI=1S/C17H21ClN4O/c18-13-8-19-17(21-5-1-2-6-21)20-14(13)16(23)22-9-12-10-3-4-11(7-10)15(12)22/h8,10-12,15H,1-7,9H2/t10-,11-,12-,15-/m0/s1. The fourth-order valence-corrected chi connectivity index (χ4v) is 5.44. The molecule has 122 valence electrons. The van der Waals surface area contributed by atoms with Crippen LogP contribution in [0, 0.1) is 17.8 Å². The molecule has 2 saturated heterocycles. The average molecular weight is 333 g/mol. The number of nitrogens with zero attached hydrogens (tertiary/aromatic N) is 4. The number of hydrogen-bond donors (Lipinski definition) is 0. The third-order valence-corrected chi connectivity index (χ3v) is 6.67. The number of hydrogen-bond acceptors (Lipinski definition) is 4. The first-order valence-corrected chi connectivity index (χ1v) is 9.18. The van der Waals surface area contributed by atoms with Crippen LogP contribution in [0.2, 0.25) is 5.02 Å². The van der Waals surface area contributed by atoms with E-state index in [0.29, 0.717) is 28.6 Å². The molecule has 0 aromatic carbocycles. The van der Waals surface area contributed by atoms with Crippen LogP contribution in [-0.2, 0) is 0 Å². The van der Waals surface area contributed by atoms with E-state index in [9.17, 15) is 4.79 Å². The second-order valence-corrected chi connectivity index (χ2v) is 7.91. The molecule has 2 aliphatic heterocycles. The summed E-state index contributed by atoms with van der Waals surface area (Å²) in [6.45, 7) is 2.82. The molecule has 3 heterocycles. The lowest BCUT2D eigenvalue weighted by Gasteiger charge is -2.50. The molecule has 0 N–H and O–H groups in total. The van der Waals surface area contributed by atoms with Crippen LogP contribution in [0.15, 0.2) is 6.20 Å². The Bertz CT molecular complexity index is 658. The SMILES string of the molecule is O=C(c1nc(N2CCCC2)ncc1Cl)N1C[C@H]2[C@H]3CC[C@@H](C3)[C@@H]21. The normalized spacial score (nSPS) is 34.7. The summed E-state index contributed by atoms with van der Waals surface area (Å²) in [6, 6.07) is 0.447. The average Bonchev–Trinajstić information content (AvgIpc) is 3.22. The lowest BCUT2D eigenvalue weighted by molar-refractivity contribution is -0.00948. The number of amides is 1. The van der Waals surface area contributed by atoms with Gasteiger partial charge in [0, 0.05) is 31.6 Å². The number of rotatable bonds is 2. The van der Waals surface area contributed by atoms with Crippen LogP contribution in [-0.4, -0.2) is 46.5 Å². The van der Waals surface area contributed by atoms with E-state index in [1.165, 1.54) is 19.3 Å². The fourth-order valence-electron chi connectivity index (χ4n) is 5.27.